The highest BCUT2D eigenvalue weighted by Gasteiger charge is 2.35. The van der Waals surface area contributed by atoms with Gasteiger partial charge in [-0.2, -0.15) is 5.26 Å². The molecule has 0 radical (unpaired) electrons. The third kappa shape index (κ3) is 4.02. The van der Waals surface area contributed by atoms with Gasteiger partial charge in [-0.1, -0.05) is 6.07 Å². The Morgan fingerprint density at radius 1 is 1.16 bits per heavy atom. The summed E-state index contributed by atoms with van der Waals surface area (Å²) in [5, 5.41) is 8.98. The lowest BCUT2D eigenvalue weighted by Crippen LogP contribution is -2.40. The van der Waals surface area contributed by atoms with Crippen LogP contribution in [0.3, 0.4) is 0 Å². The lowest BCUT2D eigenvalue weighted by atomic mass is 9.84. The van der Waals surface area contributed by atoms with Gasteiger partial charge in [0.2, 0.25) is 10.0 Å². The number of carbonyl (C=O) groups is 1. The number of amides is 1. The van der Waals surface area contributed by atoms with Crippen LogP contribution in [0.2, 0.25) is 0 Å². The summed E-state index contributed by atoms with van der Waals surface area (Å²) in [5.41, 5.74) is 1.06. The molecule has 1 atom stereocenters. The van der Waals surface area contributed by atoms with Crippen molar-refractivity contribution in [2.45, 2.75) is 19.3 Å². The van der Waals surface area contributed by atoms with E-state index >= 15 is 0 Å². The molecule has 0 bridgehead atoms. The summed E-state index contributed by atoms with van der Waals surface area (Å²) < 4.78 is 24.8. The molecule has 6 nitrogen and oxygen atoms in total. The van der Waals surface area contributed by atoms with Crippen molar-refractivity contribution in [3.63, 3.8) is 0 Å². The van der Waals surface area contributed by atoms with Crippen molar-refractivity contribution < 1.29 is 13.2 Å². The number of hydrogen-bond donors (Lipinski definition) is 0. The fourth-order valence-corrected chi connectivity index (χ4v) is 4.81. The average molecular weight is 361 g/mol. The zero-order valence-electron chi connectivity index (χ0n) is 14.4. The minimum Gasteiger partial charge on any atom is -0.338 e. The molecule has 0 aromatic heterocycles. The van der Waals surface area contributed by atoms with Gasteiger partial charge in [-0.3, -0.25) is 4.79 Å². The van der Waals surface area contributed by atoms with E-state index in [-0.39, 0.29) is 5.91 Å². The Morgan fingerprint density at radius 2 is 1.84 bits per heavy atom. The Labute approximate surface area is 149 Å². The maximum atomic E-state index is 12.7. The van der Waals surface area contributed by atoms with E-state index < -0.39 is 10.0 Å². The topological polar surface area (TPSA) is 81.5 Å². The molecule has 0 N–H and O–H groups in total. The first-order valence-electron chi connectivity index (χ1n) is 8.63. The molecule has 1 unspecified atom stereocenters. The SMILES string of the molecule is CS(=O)(=O)N1CCC(C2CCN(C(=O)c3cccc(C#N)c3)C2)CC1. The molecule has 0 saturated carbocycles. The number of benzene rings is 1. The van der Waals surface area contributed by atoms with Crippen LogP contribution in [-0.4, -0.2) is 56.0 Å². The molecule has 25 heavy (non-hydrogen) atoms. The molecule has 2 aliphatic heterocycles. The van der Waals surface area contributed by atoms with Gasteiger partial charge in [0.1, 0.15) is 0 Å². The van der Waals surface area contributed by atoms with E-state index in [2.05, 4.69) is 6.07 Å². The van der Waals surface area contributed by atoms with Gasteiger partial charge in [0.25, 0.3) is 5.91 Å². The van der Waals surface area contributed by atoms with Gasteiger partial charge < -0.3 is 4.90 Å². The summed E-state index contributed by atoms with van der Waals surface area (Å²) >= 11 is 0. The number of nitriles is 1. The number of rotatable bonds is 3. The maximum Gasteiger partial charge on any atom is 0.253 e. The summed E-state index contributed by atoms with van der Waals surface area (Å²) in [4.78, 5) is 14.5. The molecule has 1 aromatic rings. The van der Waals surface area contributed by atoms with E-state index in [9.17, 15) is 13.2 Å². The number of likely N-dealkylation sites (tertiary alicyclic amines) is 1. The molecule has 2 heterocycles. The first-order valence-corrected chi connectivity index (χ1v) is 10.5. The van der Waals surface area contributed by atoms with Gasteiger partial charge in [-0.25, -0.2) is 12.7 Å². The Balaban J connectivity index is 1.59. The number of hydrogen-bond acceptors (Lipinski definition) is 4. The van der Waals surface area contributed by atoms with E-state index in [0.29, 0.717) is 36.1 Å². The summed E-state index contributed by atoms with van der Waals surface area (Å²) in [6.45, 7) is 2.61. The largest absolute Gasteiger partial charge is 0.338 e. The standard InChI is InChI=1S/C18H23N3O3S/c1-25(23,24)21-9-6-15(7-10-21)17-5-8-20(13-17)18(22)16-4-2-3-14(11-16)12-19/h2-4,11,15,17H,5-10,13H2,1H3. The molecule has 0 spiro atoms. The van der Waals surface area contributed by atoms with Gasteiger partial charge >= 0.3 is 0 Å². The molecule has 1 amide bonds. The van der Waals surface area contributed by atoms with Gasteiger partial charge in [-0.15, -0.1) is 0 Å². The normalized spacial score (nSPS) is 22.7. The molecule has 134 valence electrons. The third-order valence-electron chi connectivity index (χ3n) is 5.38. The molecule has 2 fully saturated rings. The molecule has 2 aliphatic rings. The highest BCUT2D eigenvalue weighted by atomic mass is 32.2. The van der Waals surface area contributed by atoms with E-state index in [1.807, 2.05) is 4.90 Å². The van der Waals surface area contributed by atoms with Crippen LogP contribution >= 0.6 is 0 Å². The third-order valence-corrected chi connectivity index (χ3v) is 6.69. The lowest BCUT2D eigenvalue weighted by Gasteiger charge is -2.33. The van der Waals surface area contributed by atoms with Crippen LogP contribution in [0, 0.1) is 23.2 Å². The molecule has 7 heteroatoms. The second-order valence-electron chi connectivity index (χ2n) is 6.99. The van der Waals surface area contributed by atoms with Crippen LogP contribution in [0.4, 0.5) is 0 Å². The van der Waals surface area contributed by atoms with Crippen LogP contribution in [0.15, 0.2) is 24.3 Å². The van der Waals surface area contributed by atoms with Gasteiger partial charge in [0.05, 0.1) is 17.9 Å². The van der Waals surface area contributed by atoms with Crippen molar-refractivity contribution >= 4 is 15.9 Å². The number of piperidine rings is 1. The number of sulfonamides is 1. The number of nitrogens with zero attached hydrogens (tertiary/aromatic N) is 3. The molecule has 2 saturated heterocycles. The minimum atomic E-state index is -3.10. The van der Waals surface area contributed by atoms with Crippen LogP contribution in [0.5, 0.6) is 0 Å². The Bertz CT molecular complexity index is 792. The quantitative estimate of drug-likeness (QED) is 0.820. The van der Waals surface area contributed by atoms with Gasteiger partial charge in [-0.05, 0) is 49.3 Å². The van der Waals surface area contributed by atoms with E-state index in [1.165, 1.54) is 6.26 Å². The predicted molar refractivity (Wildman–Crippen MR) is 94.3 cm³/mol. The number of carbonyl (C=O) groups excluding carboxylic acids is 1. The Hall–Kier alpha value is -1.91. The molecule has 1 aromatic carbocycles. The molecule has 3 rings (SSSR count). The smallest absolute Gasteiger partial charge is 0.253 e. The maximum absolute atomic E-state index is 12.7. The van der Waals surface area contributed by atoms with Crippen molar-refractivity contribution in [1.29, 1.82) is 5.26 Å². The van der Waals surface area contributed by atoms with Crippen molar-refractivity contribution in [2.75, 3.05) is 32.4 Å². The van der Waals surface area contributed by atoms with Crippen molar-refractivity contribution in [1.82, 2.24) is 9.21 Å². The first-order chi connectivity index (χ1) is 11.9. The molecular weight excluding hydrogens is 338 g/mol. The average Bonchev–Trinajstić information content (AvgIpc) is 3.10. The summed E-state index contributed by atoms with van der Waals surface area (Å²) in [5.74, 6) is 0.888. The molecular formula is C18H23N3O3S. The summed E-state index contributed by atoms with van der Waals surface area (Å²) in [6, 6.07) is 8.89. The second-order valence-corrected chi connectivity index (χ2v) is 8.97. The second kappa shape index (κ2) is 7.14. The zero-order valence-corrected chi connectivity index (χ0v) is 15.2. The predicted octanol–water partition coefficient (Wildman–Crippen LogP) is 1.69. The van der Waals surface area contributed by atoms with E-state index in [0.717, 1.165) is 32.4 Å². The Kier molecular flexibility index (Phi) is 5.11. The van der Waals surface area contributed by atoms with Crippen LogP contribution < -0.4 is 0 Å². The van der Waals surface area contributed by atoms with E-state index in [1.54, 1.807) is 28.6 Å². The Morgan fingerprint density at radius 3 is 2.48 bits per heavy atom. The fourth-order valence-electron chi connectivity index (χ4n) is 3.94. The lowest BCUT2D eigenvalue weighted by molar-refractivity contribution is 0.0778. The summed E-state index contributed by atoms with van der Waals surface area (Å²) in [7, 11) is -3.10. The fraction of sp³-hybridized carbons (Fsp3) is 0.556. The van der Waals surface area contributed by atoms with Crippen LogP contribution in [0.25, 0.3) is 0 Å². The van der Waals surface area contributed by atoms with Gasteiger partial charge in [0.15, 0.2) is 0 Å². The highest BCUT2D eigenvalue weighted by molar-refractivity contribution is 7.88. The van der Waals surface area contributed by atoms with Crippen LogP contribution in [-0.2, 0) is 10.0 Å². The monoisotopic (exact) mass is 361 g/mol. The highest BCUT2D eigenvalue weighted by Crippen LogP contribution is 2.33. The van der Waals surface area contributed by atoms with E-state index in [4.69, 9.17) is 5.26 Å². The van der Waals surface area contributed by atoms with Crippen molar-refractivity contribution in [2.24, 2.45) is 11.8 Å². The first kappa shape index (κ1) is 17.9. The summed E-state index contributed by atoms with van der Waals surface area (Å²) in [6.07, 6.45) is 3.96. The van der Waals surface area contributed by atoms with Gasteiger partial charge in [0, 0.05) is 31.7 Å². The zero-order chi connectivity index (χ0) is 18.0. The van der Waals surface area contributed by atoms with Crippen molar-refractivity contribution in [3.05, 3.63) is 35.4 Å². The minimum absolute atomic E-state index is 0.0202. The van der Waals surface area contributed by atoms with Crippen molar-refractivity contribution in [3.8, 4) is 6.07 Å². The molecule has 0 aliphatic carbocycles. The van der Waals surface area contributed by atoms with Crippen LogP contribution in [0.1, 0.15) is 35.2 Å².